The van der Waals surface area contributed by atoms with Gasteiger partial charge in [0.15, 0.2) is 0 Å². The summed E-state index contributed by atoms with van der Waals surface area (Å²) >= 11 is 0. The molecule has 0 aliphatic rings. The summed E-state index contributed by atoms with van der Waals surface area (Å²) in [5.74, 6) is 0.418. The largest absolute Gasteiger partial charge is 0.497 e. The number of methoxy groups -OCH3 is 1. The molecule has 0 unspecified atom stereocenters. The van der Waals surface area contributed by atoms with Crippen molar-refractivity contribution in [3.63, 3.8) is 0 Å². The van der Waals surface area contributed by atoms with Crippen molar-refractivity contribution in [3.8, 4) is 22.7 Å². The maximum atomic E-state index is 13.0. The summed E-state index contributed by atoms with van der Waals surface area (Å²) in [6, 6.07) is 28.6. The van der Waals surface area contributed by atoms with Gasteiger partial charge in [-0.2, -0.15) is 10.2 Å². The standard InChI is InChI=1S/C25H22N4O2/c1-18(19-9-5-3-6-10-19)26-27-25(30)24-17-23(20-13-15-22(31-2)16-14-20)28-29(24)21-11-7-4-8-12-21/h3-17H,1-2H3,(H,27,30)/b26-18+. The van der Waals surface area contributed by atoms with Crippen LogP contribution in [-0.4, -0.2) is 28.5 Å². The van der Waals surface area contributed by atoms with Gasteiger partial charge in [-0.1, -0.05) is 48.5 Å². The minimum atomic E-state index is -0.341. The normalized spacial score (nSPS) is 11.2. The molecule has 0 saturated heterocycles. The van der Waals surface area contributed by atoms with Crippen LogP contribution < -0.4 is 10.2 Å². The number of para-hydroxylation sites is 1. The van der Waals surface area contributed by atoms with Crippen molar-refractivity contribution in [1.29, 1.82) is 0 Å². The Labute approximate surface area is 180 Å². The first-order valence-electron chi connectivity index (χ1n) is 9.85. The van der Waals surface area contributed by atoms with E-state index in [-0.39, 0.29) is 5.91 Å². The third-order valence-corrected chi connectivity index (χ3v) is 4.85. The van der Waals surface area contributed by atoms with E-state index >= 15 is 0 Å². The SMILES string of the molecule is COc1ccc(-c2cc(C(=O)N/N=C(\C)c3ccccc3)n(-c3ccccc3)n2)cc1. The average Bonchev–Trinajstić information content (AvgIpc) is 3.29. The Kier molecular flexibility index (Phi) is 5.89. The molecule has 1 heterocycles. The fraction of sp³-hybridized carbons (Fsp3) is 0.0800. The predicted octanol–water partition coefficient (Wildman–Crippen LogP) is 4.70. The first-order chi connectivity index (χ1) is 15.2. The van der Waals surface area contributed by atoms with E-state index in [0.29, 0.717) is 11.4 Å². The predicted molar refractivity (Wildman–Crippen MR) is 122 cm³/mol. The molecule has 1 amide bonds. The first kappa shape index (κ1) is 20.1. The Morgan fingerprint density at radius 3 is 2.23 bits per heavy atom. The summed E-state index contributed by atoms with van der Waals surface area (Å²) in [4.78, 5) is 13.0. The number of ether oxygens (including phenoxy) is 1. The molecule has 0 fully saturated rings. The van der Waals surface area contributed by atoms with Crippen molar-refractivity contribution < 1.29 is 9.53 Å². The van der Waals surface area contributed by atoms with Gasteiger partial charge in [0.1, 0.15) is 11.4 Å². The Bertz CT molecular complexity index is 1200. The molecule has 6 heteroatoms. The van der Waals surface area contributed by atoms with E-state index in [1.54, 1.807) is 17.9 Å². The lowest BCUT2D eigenvalue weighted by molar-refractivity contribution is 0.0947. The second-order valence-corrected chi connectivity index (χ2v) is 6.89. The molecule has 31 heavy (non-hydrogen) atoms. The molecule has 4 rings (SSSR count). The van der Waals surface area contributed by atoms with Gasteiger partial charge in [-0.25, -0.2) is 10.1 Å². The highest BCUT2D eigenvalue weighted by atomic mass is 16.5. The van der Waals surface area contributed by atoms with Crippen LogP contribution in [0.5, 0.6) is 5.75 Å². The van der Waals surface area contributed by atoms with E-state index in [0.717, 1.165) is 28.3 Å². The summed E-state index contributed by atoms with van der Waals surface area (Å²) in [6.07, 6.45) is 0. The van der Waals surface area contributed by atoms with Crippen LogP contribution in [-0.2, 0) is 0 Å². The molecule has 1 N–H and O–H groups in total. The molecule has 4 aromatic rings. The van der Waals surface area contributed by atoms with E-state index in [1.807, 2.05) is 91.9 Å². The molecule has 154 valence electrons. The Hall–Kier alpha value is -4.19. The second kappa shape index (κ2) is 9.09. The van der Waals surface area contributed by atoms with Gasteiger partial charge in [0, 0.05) is 5.56 Å². The summed E-state index contributed by atoms with van der Waals surface area (Å²) in [5.41, 5.74) is 7.06. The molecular formula is C25H22N4O2. The third-order valence-electron chi connectivity index (χ3n) is 4.85. The van der Waals surface area contributed by atoms with Crippen LogP contribution in [0.15, 0.2) is 96.1 Å². The summed E-state index contributed by atoms with van der Waals surface area (Å²) < 4.78 is 6.86. The fourth-order valence-corrected chi connectivity index (χ4v) is 3.15. The smallest absolute Gasteiger partial charge is 0.290 e. The van der Waals surface area contributed by atoms with Crippen molar-refractivity contribution in [2.75, 3.05) is 7.11 Å². The molecular weight excluding hydrogens is 388 g/mol. The van der Waals surface area contributed by atoms with Gasteiger partial charge in [0.05, 0.1) is 24.2 Å². The van der Waals surface area contributed by atoms with Crippen LogP contribution in [0.25, 0.3) is 16.9 Å². The van der Waals surface area contributed by atoms with Crippen LogP contribution >= 0.6 is 0 Å². The van der Waals surface area contributed by atoms with Crippen LogP contribution in [0.3, 0.4) is 0 Å². The van der Waals surface area contributed by atoms with E-state index in [9.17, 15) is 4.79 Å². The number of hydrogen-bond acceptors (Lipinski definition) is 4. The number of carbonyl (C=O) groups is 1. The fourth-order valence-electron chi connectivity index (χ4n) is 3.15. The van der Waals surface area contributed by atoms with Crippen molar-refractivity contribution >= 4 is 11.6 Å². The quantitative estimate of drug-likeness (QED) is 0.370. The highest BCUT2D eigenvalue weighted by Gasteiger charge is 2.17. The molecule has 3 aromatic carbocycles. The zero-order chi connectivity index (χ0) is 21.6. The number of hydrazone groups is 1. The number of benzene rings is 3. The second-order valence-electron chi connectivity index (χ2n) is 6.89. The van der Waals surface area contributed by atoms with Gasteiger partial charge in [0.2, 0.25) is 0 Å². The summed E-state index contributed by atoms with van der Waals surface area (Å²) in [7, 11) is 1.62. The Morgan fingerprint density at radius 1 is 0.935 bits per heavy atom. The molecule has 0 atom stereocenters. The van der Waals surface area contributed by atoms with Crippen LogP contribution in [0, 0.1) is 0 Å². The van der Waals surface area contributed by atoms with Crippen LogP contribution in [0.4, 0.5) is 0 Å². The lowest BCUT2D eigenvalue weighted by Crippen LogP contribution is -2.22. The van der Waals surface area contributed by atoms with Crippen molar-refractivity contribution in [3.05, 3.63) is 102 Å². The topological polar surface area (TPSA) is 68.5 Å². The molecule has 0 saturated carbocycles. The zero-order valence-electron chi connectivity index (χ0n) is 17.3. The number of hydrogen-bond donors (Lipinski definition) is 1. The number of nitrogens with one attached hydrogen (secondary N) is 1. The van der Waals surface area contributed by atoms with Crippen LogP contribution in [0.1, 0.15) is 23.0 Å². The molecule has 0 aliphatic heterocycles. The van der Waals surface area contributed by atoms with Crippen LogP contribution in [0.2, 0.25) is 0 Å². The van der Waals surface area contributed by atoms with Gasteiger partial charge < -0.3 is 4.74 Å². The van der Waals surface area contributed by atoms with E-state index in [1.165, 1.54) is 0 Å². The van der Waals surface area contributed by atoms with Gasteiger partial charge in [0.25, 0.3) is 5.91 Å². The molecule has 0 spiro atoms. The van der Waals surface area contributed by atoms with Gasteiger partial charge in [-0.15, -0.1) is 0 Å². The highest BCUT2D eigenvalue weighted by Crippen LogP contribution is 2.24. The lowest BCUT2D eigenvalue weighted by atomic mass is 10.1. The Balaban J connectivity index is 1.68. The van der Waals surface area contributed by atoms with Crippen molar-refractivity contribution in [1.82, 2.24) is 15.2 Å². The average molecular weight is 410 g/mol. The first-order valence-corrected chi connectivity index (χ1v) is 9.85. The maximum Gasteiger partial charge on any atom is 0.290 e. The molecule has 0 aliphatic carbocycles. The Morgan fingerprint density at radius 2 is 1.58 bits per heavy atom. The van der Waals surface area contributed by atoms with Crippen molar-refractivity contribution in [2.45, 2.75) is 6.92 Å². The minimum absolute atomic E-state index is 0.341. The highest BCUT2D eigenvalue weighted by molar-refractivity contribution is 6.00. The molecule has 0 bridgehead atoms. The summed E-state index contributed by atoms with van der Waals surface area (Å²) in [6.45, 7) is 1.85. The number of amides is 1. The van der Waals surface area contributed by atoms with Gasteiger partial charge >= 0.3 is 0 Å². The zero-order valence-corrected chi connectivity index (χ0v) is 17.3. The number of aromatic nitrogens is 2. The monoisotopic (exact) mass is 410 g/mol. The van der Waals surface area contributed by atoms with E-state index in [4.69, 9.17) is 4.74 Å². The minimum Gasteiger partial charge on any atom is -0.497 e. The lowest BCUT2D eigenvalue weighted by Gasteiger charge is -2.07. The number of nitrogens with zero attached hydrogens (tertiary/aromatic N) is 3. The third kappa shape index (κ3) is 4.53. The number of carbonyl (C=O) groups excluding carboxylic acids is 1. The molecule has 6 nitrogen and oxygen atoms in total. The van der Waals surface area contributed by atoms with E-state index < -0.39 is 0 Å². The van der Waals surface area contributed by atoms with Gasteiger partial charge in [-0.3, -0.25) is 4.79 Å². The number of rotatable bonds is 6. The maximum absolute atomic E-state index is 13.0. The van der Waals surface area contributed by atoms with E-state index in [2.05, 4.69) is 15.6 Å². The molecule has 1 aromatic heterocycles. The van der Waals surface area contributed by atoms with Gasteiger partial charge in [-0.05, 0) is 55.0 Å². The molecule has 0 radical (unpaired) electrons. The summed E-state index contributed by atoms with van der Waals surface area (Å²) in [5, 5.41) is 8.95. The van der Waals surface area contributed by atoms with Crippen molar-refractivity contribution in [2.24, 2.45) is 5.10 Å².